The summed E-state index contributed by atoms with van der Waals surface area (Å²) in [5, 5.41) is 18.6. The van der Waals surface area contributed by atoms with E-state index >= 15 is 0 Å². The molecular weight excluding hydrogens is 418 g/mol. The molecule has 2 rings (SSSR count). The summed E-state index contributed by atoms with van der Waals surface area (Å²) in [4.78, 5) is 15.3. The Kier molecular flexibility index (Phi) is 6.09. The number of hydrogen-bond donors (Lipinski definition) is 2. The maximum absolute atomic E-state index is 13.1. The first-order valence-electron chi connectivity index (χ1n) is 8.57. The fraction of sp³-hybridized carbons (Fsp3) is 0.368. The molecule has 0 unspecified atom stereocenters. The van der Waals surface area contributed by atoms with Crippen LogP contribution < -0.4 is 0 Å². The average molecular weight is 436 g/mol. The van der Waals surface area contributed by atoms with Crippen molar-refractivity contribution in [3.8, 4) is 5.69 Å². The van der Waals surface area contributed by atoms with Gasteiger partial charge in [-0.1, -0.05) is 26.0 Å². The molecule has 1 aromatic carbocycles. The van der Waals surface area contributed by atoms with Gasteiger partial charge in [0.25, 0.3) is 5.60 Å². The van der Waals surface area contributed by atoms with Crippen molar-refractivity contribution in [2.75, 3.05) is 0 Å². The summed E-state index contributed by atoms with van der Waals surface area (Å²) >= 11 is 0. The lowest BCUT2D eigenvalue weighted by Gasteiger charge is -2.32. The Labute approximate surface area is 167 Å². The second kappa shape index (κ2) is 7.78. The fourth-order valence-electron chi connectivity index (χ4n) is 2.79. The van der Waals surface area contributed by atoms with Crippen molar-refractivity contribution in [3.05, 3.63) is 53.1 Å². The predicted octanol–water partition coefficient (Wildman–Crippen LogP) is 4.80. The van der Waals surface area contributed by atoms with Crippen molar-refractivity contribution in [3.63, 3.8) is 0 Å². The molecule has 1 heterocycles. The third kappa shape index (κ3) is 4.07. The number of aliphatic hydroxyl groups is 1. The highest BCUT2D eigenvalue weighted by Gasteiger charge is 2.71. The quantitative estimate of drug-likeness (QED) is 0.522. The Morgan fingerprint density at radius 3 is 1.97 bits per heavy atom. The Bertz CT molecular complexity index is 942. The number of alkyl halides is 6. The van der Waals surface area contributed by atoms with Crippen LogP contribution in [0.4, 0.5) is 26.3 Å². The lowest BCUT2D eigenvalue weighted by molar-refractivity contribution is -0.376. The van der Waals surface area contributed by atoms with Gasteiger partial charge in [0, 0.05) is 22.7 Å². The molecule has 5 nitrogen and oxygen atoms in total. The standard InChI is InChI=1S/C19H18F6N2O3/c1-10(2)15-26-9-14(8-11(3)16(28)29)27(15)13-6-4-12(5-7-13)17(30,18(20,21)22)19(23,24)25/h4-10,30H,1-3H3,(H,28,29)/b11-8+. The summed E-state index contributed by atoms with van der Waals surface area (Å²) in [5.74, 6) is -0.988. The summed E-state index contributed by atoms with van der Waals surface area (Å²) in [7, 11) is 0. The summed E-state index contributed by atoms with van der Waals surface area (Å²) in [5.41, 5.74) is -6.05. The first-order chi connectivity index (χ1) is 13.6. The number of aromatic nitrogens is 2. The highest BCUT2D eigenvalue weighted by atomic mass is 19.4. The number of carboxylic acid groups (broad SMARTS) is 1. The molecule has 0 radical (unpaired) electrons. The van der Waals surface area contributed by atoms with Crippen LogP contribution in [0.25, 0.3) is 11.8 Å². The van der Waals surface area contributed by atoms with Gasteiger partial charge in [-0.15, -0.1) is 0 Å². The van der Waals surface area contributed by atoms with Crippen molar-refractivity contribution < 1.29 is 41.4 Å². The molecule has 0 atom stereocenters. The van der Waals surface area contributed by atoms with Crippen LogP contribution in [0.5, 0.6) is 0 Å². The molecule has 0 spiro atoms. The number of carboxylic acids is 1. The SMILES string of the molecule is C/C(=C\c1cnc(C(C)C)n1-c1ccc(C(O)(C(F)(F)F)C(F)(F)F)cc1)C(=O)O. The van der Waals surface area contributed by atoms with Crippen LogP contribution in [0.1, 0.15) is 43.8 Å². The molecule has 0 saturated carbocycles. The molecule has 0 fully saturated rings. The second-order valence-corrected chi connectivity index (χ2v) is 6.92. The number of carbonyl (C=O) groups is 1. The zero-order chi connectivity index (χ0) is 23.1. The van der Waals surface area contributed by atoms with Crippen molar-refractivity contribution in [1.29, 1.82) is 0 Å². The van der Waals surface area contributed by atoms with Crippen LogP contribution in [0.2, 0.25) is 0 Å². The smallest absolute Gasteiger partial charge is 0.430 e. The van der Waals surface area contributed by atoms with Gasteiger partial charge in [0.1, 0.15) is 5.82 Å². The van der Waals surface area contributed by atoms with E-state index < -0.39 is 29.5 Å². The zero-order valence-electron chi connectivity index (χ0n) is 16.0. The number of imidazole rings is 1. The summed E-state index contributed by atoms with van der Waals surface area (Å²) in [6, 6.07) is 2.99. The lowest BCUT2D eigenvalue weighted by Crippen LogP contribution is -2.53. The van der Waals surface area contributed by atoms with E-state index in [0.717, 1.165) is 12.1 Å². The number of halogens is 6. The molecule has 1 aromatic heterocycles. The Hall–Kier alpha value is -2.82. The highest BCUT2D eigenvalue weighted by Crippen LogP contribution is 2.50. The molecule has 2 aromatic rings. The number of benzene rings is 1. The van der Waals surface area contributed by atoms with Gasteiger partial charge in [0.15, 0.2) is 0 Å². The molecule has 164 valence electrons. The molecule has 0 bridgehead atoms. The first-order valence-corrected chi connectivity index (χ1v) is 8.57. The van der Waals surface area contributed by atoms with Gasteiger partial charge in [-0.3, -0.25) is 4.57 Å². The van der Waals surface area contributed by atoms with Crippen LogP contribution in [0.15, 0.2) is 36.0 Å². The third-order valence-electron chi connectivity index (χ3n) is 4.40. The normalized spacial score (nSPS) is 13.8. The van der Waals surface area contributed by atoms with Crippen molar-refractivity contribution >= 4 is 12.0 Å². The zero-order valence-corrected chi connectivity index (χ0v) is 16.0. The van der Waals surface area contributed by atoms with Crippen molar-refractivity contribution in [2.24, 2.45) is 0 Å². The molecule has 0 amide bonds. The third-order valence-corrected chi connectivity index (χ3v) is 4.40. The van der Waals surface area contributed by atoms with Crippen molar-refractivity contribution in [2.45, 2.75) is 44.6 Å². The molecule has 0 aliphatic carbocycles. The van der Waals surface area contributed by atoms with E-state index in [0.29, 0.717) is 18.0 Å². The van der Waals surface area contributed by atoms with Gasteiger partial charge in [-0.05, 0) is 25.1 Å². The minimum Gasteiger partial charge on any atom is -0.478 e. The van der Waals surface area contributed by atoms with E-state index in [1.165, 1.54) is 23.8 Å². The summed E-state index contributed by atoms with van der Waals surface area (Å²) < 4.78 is 79.8. The maximum Gasteiger partial charge on any atom is 0.430 e. The molecule has 0 aliphatic rings. The van der Waals surface area contributed by atoms with Crippen LogP contribution in [0.3, 0.4) is 0 Å². The van der Waals surface area contributed by atoms with Crippen LogP contribution >= 0.6 is 0 Å². The van der Waals surface area contributed by atoms with Gasteiger partial charge in [-0.2, -0.15) is 26.3 Å². The van der Waals surface area contributed by atoms with Gasteiger partial charge in [0.05, 0.1) is 11.9 Å². The largest absolute Gasteiger partial charge is 0.478 e. The Morgan fingerprint density at radius 2 is 1.57 bits per heavy atom. The Morgan fingerprint density at radius 1 is 1.07 bits per heavy atom. The molecule has 11 heteroatoms. The van der Waals surface area contributed by atoms with E-state index in [9.17, 15) is 36.2 Å². The molecule has 0 aliphatic heterocycles. The van der Waals surface area contributed by atoms with E-state index in [1.54, 1.807) is 13.8 Å². The Balaban J connectivity index is 2.65. The van der Waals surface area contributed by atoms with Crippen LogP contribution in [-0.4, -0.2) is 38.1 Å². The number of rotatable bonds is 5. The van der Waals surface area contributed by atoms with Crippen molar-refractivity contribution in [1.82, 2.24) is 9.55 Å². The summed E-state index contributed by atoms with van der Waals surface area (Å²) in [6.45, 7) is 4.85. The second-order valence-electron chi connectivity index (χ2n) is 6.92. The first kappa shape index (κ1) is 23.5. The topological polar surface area (TPSA) is 75.3 Å². The van der Waals surface area contributed by atoms with E-state index in [-0.39, 0.29) is 22.9 Å². The minimum atomic E-state index is -5.99. The van der Waals surface area contributed by atoms with Crippen LogP contribution in [0, 0.1) is 0 Å². The van der Waals surface area contributed by atoms with E-state index in [1.807, 2.05) is 0 Å². The number of aliphatic carboxylic acids is 1. The molecule has 2 N–H and O–H groups in total. The average Bonchev–Trinajstić information content (AvgIpc) is 3.02. The summed E-state index contributed by atoms with van der Waals surface area (Å²) in [6.07, 6.45) is -9.36. The minimum absolute atomic E-state index is 0.0494. The van der Waals surface area contributed by atoms with Gasteiger partial charge < -0.3 is 10.2 Å². The monoisotopic (exact) mass is 436 g/mol. The molecule has 0 saturated heterocycles. The molecular formula is C19H18F6N2O3. The number of nitrogens with zero attached hydrogens (tertiary/aromatic N) is 2. The van der Waals surface area contributed by atoms with E-state index in [4.69, 9.17) is 5.11 Å². The van der Waals surface area contributed by atoms with Gasteiger partial charge in [-0.25, -0.2) is 9.78 Å². The fourth-order valence-corrected chi connectivity index (χ4v) is 2.79. The van der Waals surface area contributed by atoms with Crippen LogP contribution in [-0.2, 0) is 10.4 Å². The predicted molar refractivity (Wildman–Crippen MR) is 94.9 cm³/mol. The van der Waals surface area contributed by atoms with E-state index in [2.05, 4.69) is 4.98 Å². The van der Waals surface area contributed by atoms with Gasteiger partial charge >= 0.3 is 18.3 Å². The maximum atomic E-state index is 13.1. The lowest BCUT2D eigenvalue weighted by atomic mass is 9.92. The molecule has 30 heavy (non-hydrogen) atoms. The van der Waals surface area contributed by atoms with Gasteiger partial charge in [0.2, 0.25) is 0 Å². The number of hydrogen-bond acceptors (Lipinski definition) is 3. The highest BCUT2D eigenvalue weighted by molar-refractivity contribution is 5.91.